The standard InChI is InChI=1S/C25H31Cl4N3O4S/c1-5-22(25(34)30-16(2)3)31(15-17-8-10-19(27)21(29)13-17)24(33)7-6-12-32(37(4,35)36)23-14-18(26)9-11-20(23)28/h8-11,13-14,16,22H,5-7,12,15H2,1-4H3,(H,30,34)/t22-/m0/s1. The van der Waals surface area contributed by atoms with Gasteiger partial charge in [0.1, 0.15) is 6.04 Å². The number of hydrogen-bond acceptors (Lipinski definition) is 4. The molecule has 0 aromatic heterocycles. The van der Waals surface area contributed by atoms with Crippen molar-refractivity contribution in [2.45, 2.75) is 58.7 Å². The lowest BCUT2D eigenvalue weighted by atomic mass is 10.1. The van der Waals surface area contributed by atoms with Crippen molar-refractivity contribution in [1.82, 2.24) is 10.2 Å². The summed E-state index contributed by atoms with van der Waals surface area (Å²) in [6, 6.07) is 8.75. The first kappa shape index (κ1) is 31.5. The van der Waals surface area contributed by atoms with Crippen LogP contribution in [0.1, 0.15) is 45.6 Å². The summed E-state index contributed by atoms with van der Waals surface area (Å²) in [4.78, 5) is 27.9. The van der Waals surface area contributed by atoms with E-state index in [1.165, 1.54) is 17.0 Å². The highest BCUT2D eigenvalue weighted by Crippen LogP contribution is 2.31. The van der Waals surface area contributed by atoms with E-state index in [1.807, 2.05) is 20.8 Å². The van der Waals surface area contributed by atoms with Crippen molar-refractivity contribution < 1.29 is 18.0 Å². The van der Waals surface area contributed by atoms with Gasteiger partial charge in [-0.05, 0) is 62.6 Å². The molecule has 0 bridgehead atoms. The van der Waals surface area contributed by atoms with Crippen molar-refractivity contribution in [3.8, 4) is 0 Å². The lowest BCUT2D eigenvalue weighted by molar-refractivity contribution is -0.141. The third-order valence-electron chi connectivity index (χ3n) is 5.48. The molecule has 2 amide bonds. The molecule has 37 heavy (non-hydrogen) atoms. The van der Waals surface area contributed by atoms with Crippen LogP contribution in [0.3, 0.4) is 0 Å². The largest absolute Gasteiger partial charge is 0.352 e. The van der Waals surface area contributed by atoms with E-state index in [2.05, 4.69) is 5.32 Å². The second kappa shape index (κ2) is 13.9. The van der Waals surface area contributed by atoms with Crippen LogP contribution in [0.2, 0.25) is 20.1 Å². The highest BCUT2D eigenvalue weighted by atomic mass is 35.5. The van der Waals surface area contributed by atoms with Gasteiger partial charge in [-0.3, -0.25) is 13.9 Å². The van der Waals surface area contributed by atoms with Crippen LogP contribution in [0.15, 0.2) is 36.4 Å². The minimum absolute atomic E-state index is 0.000229. The van der Waals surface area contributed by atoms with Gasteiger partial charge in [0.25, 0.3) is 0 Å². The summed E-state index contributed by atoms with van der Waals surface area (Å²) in [5.41, 5.74) is 0.946. The fourth-order valence-electron chi connectivity index (χ4n) is 3.79. The Kier molecular flexibility index (Phi) is 11.8. The predicted octanol–water partition coefficient (Wildman–Crippen LogP) is 6.18. The molecule has 0 aliphatic heterocycles. The summed E-state index contributed by atoms with van der Waals surface area (Å²) in [6.07, 6.45) is 1.64. The maximum Gasteiger partial charge on any atom is 0.243 e. The van der Waals surface area contributed by atoms with E-state index in [9.17, 15) is 18.0 Å². The van der Waals surface area contributed by atoms with Crippen molar-refractivity contribution in [2.24, 2.45) is 0 Å². The smallest absolute Gasteiger partial charge is 0.243 e. The molecule has 0 saturated heterocycles. The number of carbonyl (C=O) groups excluding carboxylic acids is 2. The van der Waals surface area contributed by atoms with Crippen molar-refractivity contribution >= 4 is 73.9 Å². The van der Waals surface area contributed by atoms with Crippen LogP contribution in [-0.2, 0) is 26.2 Å². The minimum atomic E-state index is -3.71. The number of hydrogen-bond donors (Lipinski definition) is 1. The normalized spacial score (nSPS) is 12.4. The molecule has 2 rings (SSSR count). The molecule has 2 aromatic carbocycles. The SMILES string of the molecule is CC[C@@H](C(=O)NC(C)C)N(Cc1ccc(Cl)c(Cl)c1)C(=O)CCCN(c1cc(Cl)ccc1Cl)S(C)(=O)=O. The zero-order valence-corrected chi connectivity index (χ0v) is 24.9. The van der Waals surface area contributed by atoms with E-state index in [4.69, 9.17) is 46.4 Å². The van der Waals surface area contributed by atoms with Gasteiger partial charge >= 0.3 is 0 Å². The molecule has 0 unspecified atom stereocenters. The quantitative estimate of drug-likeness (QED) is 0.311. The van der Waals surface area contributed by atoms with Crippen LogP contribution in [0.5, 0.6) is 0 Å². The minimum Gasteiger partial charge on any atom is -0.352 e. The molecule has 0 heterocycles. The molecule has 12 heteroatoms. The van der Waals surface area contributed by atoms with Gasteiger partial charge in [-0.1, -0.05) is 59.4 Å². The molecule has 2 aromatic rings. The van der Waals surface area contributed by atoms with E-state index in [1.54, 1.807) is 24.3 Å². The second-order valence-corrected chi connectivity index (χ2v) is 12.5. The maximum absolute atomic E-state index is 13.5. The van der Waals surface area contributed by atoms with Crippen LogP contribution in [0.25, 0.3) is 0 Å². The third kappa shape index (κ3) is 9.21. The number of nitrogens with zero attached hydrogens (tertiary/aromatic N) is 2. The molecular weight excluding hydrogens is 580 g/mol. The Morgan fingerprint density at radius 3 is 2.19 bits per heavy atom. The van der Waals surface area contributed by atoms with Gasteiger partial charge < -0.3 is 10.2 Å². The third-order valence-corrected chi connectivity index (χ3v) is 7.96. The summed E-state index contributed by atoms with van der Waals surface area (Å²) in [7, 11) is -3.71. The highest BCUT2D eigenvalue weighted by Gasteiger charge is 2.29. The molecule has 0 aliphatic rings. The van der Waals surface area contributed by atoms with Crippen molar-refractivity contribution in [1.29, 1.82) is 0 Å². The predicted molar refractivity (Wildman–Crippen MR) is 152 cm³/mol. The van der Waals surface area contributed by atoms with E-state index in [0.29, 0.717) is 27.1 Å². The summed E-state index contributed by atoms with van der Waals surface area (Å²) in [5.74, 6) is -0.572. The van der Waals surface area contributed by atoms with E-state index < -0.39 is 16.1 Å². The van der Waals surface area contributed by atoms with Gasteiger partial charge in [0, 0.05) is 30.6 Å². The number of carbonyl (C=O) groups is 2. The Balaban J connectivity index is 2.28. The Bertz CT molecular complexity index is 1220. The summed E-state index contributed by atoms with van der Waals surface area (Å²) in [6.45, 7) is 5.65. The molecule has 0 saturated carbocycles. The maximum atomic E-state index is 13.5. The Morgan fingerprint density at radius 2 is 1.62 bits per heavy atom. The van der Waals surface area contributed by atoms with Gasteiger partial charge in [-0.15, -0.1) is 0 Å². The highest BCUT2D eigenvalue weighted by molar-refractivity contribution is 7.92. The van der Waals surface area contributed by atoms with Crippen LogP contribution in [-0.4, -0.2) is 50.0 Å². The van der Waals surface area contributed by atoms with Crippen LogP contribution in [0, 0.1) is 0 Å². The Labute approximate surface area is 239 Å². The first-order chi connectivity index (χ1) is 17.2. The monoisotopic (exact) mass is 609 g/mol. The molecule has 0 aliphatic carbocycles. The molecule has 204 valence electrons. The van der Waals surface area contributed by atoms with Gasteiger partial charge in [-0.2, -0.15) is 0 Å². The zero-order valence-electron chi connectivity index (χ0n) is 21.1. The first-order valence-corrected chi connectivity index (χ1v) is 15.1. The number of sulfonamides is 1. The molecule has 0 spiro atoms. The molecule has 0 fully saturated rings. The van der Waals surface area contributed by atoms with E-state index in [0.717, 1.165) is 10.6 Å². The fraction of sp³-hybridized carbons (Fsp3) is 0.440. The van der Waals surface area contributed by atoms with Crippen LogP contribution >= 0.6 is 46.4 Å². The number of benzene rings is 2. The summed E-state index contributed by atoms with van der Waals surface area (Å²) >= 11 is 24.5. The van der Waals surface area contributed by atoms with Crippen molar-refractivity contribution in [3.05, 3.63) is 62.1 Å². The number of halogens is 4. The topological polar surface area (TPSA) is 86.8 Å². The van der Waals surface area contributed by atoms with E-state index in [-0.39, 0.29) is 54.5 Å². The number of amides is 2. The fourth-order valence-corrected chi connectivity index (χ4v) is 5.52. The molecule has 7 nitrogen and oxygen atoms in total. The van der Waals surface area contributed by atoms with Gasteiger partial charge in [0.2, 0.25) is 21.8 Å². The second-order valence-electron chi connectivity index (χ2n) is 8.89. The van der Waals surface area contributed by atoms with Crippen molar-refractivity contribution in [3.63, 3.8) is 0 Å². The summed E-state index contributed by atoms with van der Waals surface area (Å²) in [5, 5.41) is 4.15. The average molecular weight is 611 g/mol. The van der Waals surface area contributed by atoms with Gasteiger partial charge in [-0.25, -0.2) is 8.42 Å². The van der Waals surface area contributed by atoms with Crippen LogP contribution < -0.4 is 9.62 Å². The molecule has 1 atom stereocenters. The zero-order chi connectivity index (χ0) is 27.9. The first-order valence-electron chi connectivity index (χ1n) is 11.7. The Hall–Kier alpha value is -1.71. The summed E-state index contributed by atoms with van der Waals surface area (Å²) < 4.78 is 26.1. The molecular formula is C25H31Cl4N3O4S. The lowest BCUT2D eigenvalue weighted by Gasteiger charge is -2.31. The molecule has 1 N–H and O–H groups in total. The molecule has 0 radical (unpaired) electrons. The number of anilines is 1. The lowest BCUT2D eigenvalue weighted by Crippen LogP contribution is -2.50. The van der Waals surface area contributed by atoms with E-state index >= 15 is 0 Å². The number of rotatable bonds is 12. The van der Waals surface area contributed by atoms with Gasteiger partial charge in [0.15, 0.2) is 0 Å². The van der Waals surface area contributed by atoms with Gasteiger partial charge in [0.05, 0.1) is 27.0 Å². The average Bonchev–Trinajstić information content (AvgIpc) is 2.79. The van der Waals surface area contributed by atoms with Crippen LogP contribution in [0.4, 0.5) is 5.69 Å². The van der Waals surface area contributed by atoms with Crippen molar-refractivity contribution in [2.75, 3.05) is 17.1 Å². The Morgan fingerprint density at radius 1 is 0.973 bits per heavy atom. The number of nitrogens with one attached hydrogen (secondary N) is 1.